The number of carbonyl (C=O) groups is 2. The Morgan fingerprint density at radius 3 is 2.76 bits per heavy atom. The van der Waals surface area contributed by atoms with Gasteiger partial charge in [0.15, 0.2) is 0 Å². The fourth-order valence-corrected chi connectivity index (χ4v) is 3.78. The molecule has 3 rings (SSSR count). The number of nitrogens with one attached hydrogen (secondary N) is 1. The third-order valence-corrected chi connectivity index (χ3v) is 5.19. The van der Waals surface area contributed by atoms with Crippen molar-refractivity contribution < 1.29 is 14.7 Å². The molecule has 0 bridgehead atoms. The van der Waals surface area contributed by atoms with Crippen LogP contribution in [0.2, 0.25) is 5.02 Å². The number of carbonyl (C=O) groups excluding carboxylic acids is 2. The molecule has 0 saturated carbocycles. The summed E-state index contributed by atoms with van der Waals surface area (Å²) in [4.78, 5) is 28.4. The molecule has 0 radical (unpaired) electrons. The first kappa shape index (κ1) is 18.0. The molecule has 0 aromatic heterocycles. The lowest BCUT2D eigenvalue weighted by molar-refractivity contribution is -0.117. The van der Waals surface area contributed by atoms with Gasteiger partial charge in [0.25, 0.3) is 0 Å². The van der Waals surface area contributed by atoms with Gasteiger partial charge in [-0.05, 0) is 49.9 Å². The van der Waals surface area contributed by atoms with Crippen molar-refractivity contribution in [2.75, 3.05) is 24.6 Å². The number of urea groups is 1. The average Bonchev–Trinajstić information content (AvgIpc) is 2.96. The van der Waals surface area contributed by atoms with Crippen molar-refractivity contribution in [1.29, 1.82) is 0 Å². The molecule has 1 aromatic carbocycles. The van der Waals surface area contributed by atoms with Crippen LogP contribution in [0, 0.1) is 0 Å². The van der Waals surface area contributed by atoms with Crippen LogP contribution in [0.1, 0.15) is 32.1 Å². The van der Waals surface area contributed by atoms with E-state index in [0.717, 1.165) is 24.9 Å². The van der Waals surface area contributed by atoms with E-state index >= 15 is 0 Å². The van der Waals surface area contributed by atoms with Crippen LogP contribution < -0.4 is 10.2 Å². The highest BCUT2D eigenvalue weighted by atomic mass is 35.5. The molecule has 6 nitrogen and oxygen atoms in total. The Morgan fingerprint density at radius 1 is 1.28 bits per heavy atom. The van der Waals surface area contributed by atoms with E-state index in [1.54, 1.807) is 17.0 Å². The van der Waals surface area contributed by atoms with Crippen LogP contribution in [-0.2, 0) is 4.79 Å². The zero-order valence-electron chi connectivity index (χ0n) is 14.2. The van der Waals surface area contributed by atoms with E-state index in [4.69, 9.17) is 11.6 Å². The molecule has 0 unspecified atom stereocenters. The lowest BCUT2D eigenvalue weighted by Crippen LogP contribution is -2.52. The number of aliphatic hydroxyl groups excluding tert-OH is 1. The second-order valence-electron chi connectivity index (χ2n) is 6.69. The molecule has 2 fully saturated rings. The first-order chi connectivity index (χ1) is 12.1. The van der Waals surface area contributed by atoms with Gasteiger partial charge in [0.1, 0.15) is 0 Å². The summed E-state index contributed by atoms with van der Waals surface area (Å²) in [5, 5.41) is 12.8. The van der Waals surface area contributed by atoms with E-state index in [2.05, 4.69) is 5.32 Å². The van der Waals surface area contributed by atoms with Gasteiger partial charge in [-0.25, -0.2) is 4.79 Å². The smallest absolute Gasteiger partial charge is 0.317 e. The molecule has 1 aromatic rings. The number of aliphatic hydroxyl groups is 1. The number of benzene rings is 1. The van der Waals surface area contributed by atoms with Crippen LogP contribution >= 0.6 is 11.6 Å². The lowest BCUT2D eigenvalue weighted by atomic mass is 10.00. The number of piperidine rings is 1. The Hall–Kier alpha value is -1.79. The molecule has 0 spiro atoms. The van der Waals surface area contributed by atoms with Gasteiger partial charge in [-0.1, -0.05) is 11.6 Å². The van der Waals surface area contributed by atoms with Gasteiger partial charge in [-0.3, -0.25) is 4.79 Å². The fourth-order valence-electron chi connectivity index (χ4n) is 3.65. The quantitative estimate of drug-likeness (QED) is 0.860. The van der Waals surface area contributed by atoms with Crippen LogP contribution in [0.4, 0.5) is 10.5 Å². The van der Waals surface area contributed by atoms with Crippen molar-refractivity contribution in [3.63, 3.8) is 0 Å². The highest BCUT2D eigenvalue weighted by Crippen LogP contribution is 2.24. The summed E-state index contributed by atoms with van der Waals surface area (Å²) < 4.78 is 0. The van der Waals surface area contributed by atoms with Crippen LogP contribution in [0.15, 0.2) is 24.3 Å². The molecule has 2 aliphatic rings. The van der Waals surface area contributed by atoms with Crippen molar-refractivity contribution in [1.82, 2.24) is 10.2 Å². The first-order valence-corrected chi connectivity index (χ1v) is 9.20. The third kappa shape index (κ3) is 4.25. The second kappa shape index (κ2) is 8.06. The summed E-state index contributed by atoms with van der Waals surface area (Å²) in [6.07, 6.45) is 3.89. The minimum Gasteiger partial charge on any atom is -0.396 e. The number of nitrogens with zero attached hydrogens (tertiary/aromatic N) is 2. The monoisotopic (exact) mass is 365 g/mol. The van der Waals surface area contributed by atoms with E-state index in [0.29, 0.717) is 31.0 Å². The standard InChI is InChI=1S/C18H24ClN3O3/c19-13-4-6-16(7-5-13)22-12-14(11-17(22)24)20-18(25)21-9-2-1-3-15(21)8-10-23/h4-7,14-15,23H,1-3,8-12H2,(H,20,25)/t14-,15+/m0/s1. The zero-order valence-corrected chi connectivity index (χ0v) is 14.9. The lowest BCUT2D eigenvalue weighted by Gasteiger charge is -2.36. The van der Waals surface area contributed by atoms with Gasteiger partial charge in [0.2, 0.25) is 5.91 Å². The summed E-state index contributed by atoms with van der Waals surface area (Å²) in [6.45, 7) is 1.25. The molecule has 2 heterocycles. The number of hydrogen-bond donors (Lipinski definition) is 2. The van der Waals surface area contributed by atoms with E-state index < -0.39 is 0 Å². The van der Waals surface area contributed by atoms with Gasteiger partial charge >= 0.3 is 6.03 Å². The van der Waals surface area contributed by atoms with E-state index in [9.17, 15) is 14.7 Å². The minimum absolute atomic E-state index is 0.00169. The number of halogens is 1. The molecular weight excluding hydrogens is 342 g/mol. The topological polar surface area (TPSA) is 72.9 Å². The Labute approximate surface area is 152 Å². The summed E-state index contributed by atoms with van der Waals surface area (Å²) in [5.41, 5.74) is 0.794. The van der Waals surface area contributed by atoms with Gasteiger partial charge in [-0.2, -0.15) is 0 Å². The average molecular weight is 366 g/mol. The predicted molar refractivity (Wildman–Crippen MR) is 96.8 cm³/mol. The largest absolute Gasteiger partial charge is 0.396 e. The van der Waals surface area contributed by atoms with Crippen molar-refractivity contribution in [2.24, 2.45) is 0 Å². The molecule has 0 aliphatic carbocycles. The highest BCUT2D eigenvalue weighted by Gasteiger charge is 2.34. The molecule has 2 atom stereocenters. The molecule has 25 heavy (non-hydrogen) atoms. The predicted octanol–water partition coefficient (Wildman–Crippen LogP) is 2.39. The van der Waals surface area contributed by atoms with Crippen molar-refractivity contribution in [3.8, 4) is 0 Å². The SMILES string of the molecule is O=C1C[C@H](NC(=O)N2CCCC[C@@H]2CCO)CN1c1ccc(Cl)cc1. The molecular formula is C18H24ClN3O3. The third-order valence-electron chi connectivity index (χ3n) is 4.94. The van der Waals surface area contributed by atoms with E-state index in [1.165, 1.54) is 0 Å². The van der Waals surface area contributed by atoms with E-state index in [-0.39, 0.29) is 30.6 Å². The number of anilines is 1. The van der Waals surface area contributed by atoms with Crippen LogP contribution in [0.5, 0.6) is 0 Å². The highest BCUT2D eigenvalue weighted by molar-refractivity contribution is 6.30. The summed E-state index contributed by atoms with van der Waals surface area (Å²) in [5.74, 6) is -0.00169. The Balaban J connectivity index is 1.60. The van der Waals surface area contributed by atoms with Crippen LogP contribution in [0.25, 0.3) is 0 Å². The van der Waals surface area contributed by atoms with Crippen molar-refractivity contribution >= 4 is 29.2 Å². The second-order valence-corrected chi connectivity index (χ2v) is 7.12. The van der Waals surface area contributed by atoms with Gasteiger partial charge in [0, 0.05) is 42.9 Å². The molecule has 2 saturated heterocycles. The summed E-state index contributed by atoms with van der Waals surface area (Å²) >= 11 is 5.89. The number of hydrogen-bond acceptors (Lipinski definition) is 3. The molecule has 2 N–H and O–H groups in total. The van der Waals surface area contributed by atoms with Gasteiger partial charge in [0.05, 0.1) is 6.04 Å². The minimum atomic E-state index is -0.201. The van der Waals surface area contributed by atoms with Crippen LogP contribution in [0.3, 0.4) is 0 Å². The molecule has 3 amide bonds. The number of rotatable bonds is 4. The van der Waals surface area contributed by atoms with Gasteiger partial charge in [-0.15, -0.1) is 0 Å². The maximum absolute atomic E-state index is 12.6. The Morgan fingerprint density at radius 2 is 2.04 bits per heavy atom. The molecule has 2 aliphatic heterocycles. The maximum Gasteiger partial charge on any atom is 0.317 e. The zero-order chi connectivity index (χ0) is 17.8. The molecule has 7 heteroatoms. The maximum atomic E-state index is 12.6. The number of amides is 3. The fraction of sp³-hybridized carbons (Fsp3) is 0.556. The summed E-state index contributed by atoms with van der Waals surface area (Å²) in [6, 6.07) is 6.88. The first-order valence-electron chi connectivity index (χ1n) is 8.82. The summed E-state index contributed by atoms with van der Waals surface area (Å²) in [7, 11) is 0. The molecule has 136 valence electrons. The van der Waals surface area contributed by atoms with Crippen LogP contribution in [-0.4, -0.2) is 53.7 Å². The number of likely N-dealkylation sites (tertiary alicyclic amines) is 1. The van der Waals surface area contributed by atoms with Gasteiger partial charge < -0.3 is 20.2 Å². The van der Waals surface area contributed by atoms with Crippen molar-refractivity contribution in [3.05, 3.63) is 29.3 Å². The Bertz CT molecular complexity index is 620. The Kier molecular flexibility index (Phi) is 5.81. The van der Waals surface area contributed by atoms with Crippen molar-refractivity contribution in [2.45, 2.75) is 44.2 Å². The normalized spacial score (nSPS) is 23.8. The van der Waals surface area contributed by atoms with E-state index in [1.807, 2.05) is 17.0 Å².